The summed E-state index contributed by atoms with van der Waals surface area (Å²) in [6.45, 7) is 9.63. The topological polar surface area (TPSA) is 179 Å². The third-order valence-electron chi connectivity index (χ3n) is 8.25. The standard InChI is InChI=1S/C30H22N2O8S2.C8H8.C6H6.C2H4/c1-39-29(37)13-7-3-5-9-17(13)41-19-11-15(33)21-23(25(19)31)28(36)24-22(27(21)35)16(34)12-20(26(24)32)42-18-10-6-4-8-14(18)30(38)40-2;1-2-8-6-4-3-5-7-8;1-2-4-6-5-3-1;1-2/h3-12,33-34H,31-32H2,1-2H3;2-7H,1H2;1-6H;1-2H2. The van der Waals surface area contributed by atoms with Crippen molar-refractivity contribution in [3.05, 3.63) is 186 Å². The number of hydrogen-bond acceptors (Lipinski definition) is 12. The summed E-state index contributed by atoms with van der Waals surface area (Å²) in [6, 6.07) is 37.5. The average molecular weight is 813 g/mol. The predicted molar refractivity (Wildman–Crippen MR) is 230 cm³/mol. The zero-order chi connectivity index (χ0) is 42.4. The molecule has 0 spiro atoms. The molecule has 0 bridgehead atoms. The molecule has 7 rings (SSSR count). The fourth-order valence-electron chi connectivity index (χ4n) is 5.55. The SMILES string of the molecule is C=C.C=Cc1ccccc1.COC(=O)c1ccccc1Sc1cc(O)c2c(c1N)C(=O)c1c(N)c(Sc3ccccc3C(=O)OC)cc(O)c1C2=O.c1ccccc1. The maximum Gasteiger partial charge on any atom is 0.339 e. The number of nitrogens with two attached hydrogens (primary N) is 2. The number of methoxy groups -OCH3 is 2. The minimum atomic E-state index is -0.842. The van der Waals surface area contributed by atoms with Crippen LogP contribution in [0.2, 0.25) is 0 Å². The Morgan fingerprint density at radius 3 is 1.22 bits per heavy atom. The average Bonchev–Trinajstić information content (AvgIpc) is 3.26. The summed E-state index contributed by atoms with van der Waals surface area (Å²) in [5.74, 6) is -3.89. The highest BCUT2D eigenvalue weighted by molar-refractivity contribution is 7.99. The van der Waals surface area contributed by atoms with Gasteiger partial charge < -0.3 is 31.2 Å². The van der Waals surface area contributed by atoms with E-state index in [-0.39, 0.29) is 54.5 Å². The van der Waals surface area contributed by atoms with Gasteiger partial charge in [0.1, 0.15) is 11.5 Å². The highest BCUT2D eigenvalue weighted by atomic mass is 32.2. The molecular formula is C46H40N2O8S2. The maximum atomic E-state index is 14.0. The first-order valence-electron chi connectivity index (χ1n) is 17.3. The fraction of sp³-hybridized carbons (Fsp3) is 0.0435. The van der Waals surface area contributed by atoms with Crippen LogP contribution in [0, 0.1) is 0 Å². The molecule has 0 saturated carbocycles. The van der Waals surface area contributed by atoms with E-state index in [0.29, 0.717) is 9.79 Å². The van der Waals surface area contributed by atoms with Gasteiger partial charge in [-0.3, -0.25) is 9.59 Å². The third-order valence-corrected chi connectivity index (χ3v) is 10.5. The van der Waals surface area contributed by atoms with E-state index in [1.807, 2.05) is 72.8 Å². The number of ketones is 2. The van der Waals surface area contributed by atoms with Gasteiger partial charge in [0.05, 0.1) is 59.0 Å². The molecule has 0 atom stereocenters. The van der Waals surface area contributed by atoms with Crippen molar-refractivity contribution < 1.29 is 38.9 Å². The molecule has 1 aliphatic carbocycles. The summed E-state index contributed by atoms with van der Waals surface area (Å²) in [4.78, 5) is 53.3. The monoisotopic (exact) mass is 812 g/mol. The van der Waals surface area contributed by atoms with Gasteiger partial charge in [-0.25, -0.2) is 9.59 Å². The molecule has 0 fully saturated rings. The van der Waals surface area contributed by atoms with Crippen LogP contribution in [0.5, 0.6) is 11.5 Å². The molecule has 294 valence electrons. The first-order valence-corrected chi connectivity index (χ1v) is 18.9. The molecule has 0 saturated heterocycles. The molecule has 10 nitrogen and oxygen atoms in total. The largest absolute Gasteiger partial charge is 0.507 e. The van der Waals surface area contributed by atoms with Gasteiger partial charge in [0.15, 0.2) is 5.78 Å². The van der Waals surface area contributed by atoms with Gasteiger partial charge in [0, 0.05) is 19.6 Å². The Bertz CT molecular complexity index is 2300. The number of ether oxygens (including phenoxy) is 2. The van der Waals surface area contributed by atoms with Crippen molar-refractivity contribution in [2.75, 3.05) is 25.7 Å². The van der Waals surface area contributed by atoms with Crippen LogP contribution in [0.1, 0.15) is 58.1 Å². The Hall–Kier alpha value is -7.02. The number of anilines is 2. The van der Waals surface area contributed by atoms with Gasteiger partial charge in [0.2, 0.25) is 5.78 Å². The number of phenols is 2. The fourth-order valence-corrected chi connectivity index (χ4v) is 7.60. The number of carbonyl (C=O) groups excluding carboxylic acids is 4. The Morgan fingerprint density at radius 2 is 0.879 bits per heavy atom. The van der Waals surface area contributed by atoms with E-state index in [2.05, 4.69) is 19.7 Å². The summed E-state index contributed by atoms with van der Waals surface area (Å²) < 4.78 is 9.67. The maximum absolute atomic E-state index is 14.0. The number of nitrogen functional groups attached to an aromatic ring is 2. The molecule has 1 aliphatic rings. The lowest BCUT2D eigenvalue weighted by molar-refractivity contribution is 0.0588. The molecule has 6 N–H and O–H groups in total. The van der Waals surface area contributed by atoms with Crippen molar-refractivity contribution in [2.45, 2.75) is 19.6 Å². The smallest absolute Gasteiger partial charge is 0.339 e. The molecule has 0 heterocycles. The second-order valence-electron chi connectivity index (χ2n) is 11.7. The molecule has 0 aromatic heterocycles. The highest BCUT2D eigenvalue weighted by Gasteiger charge is 2.39. The van der Waals surface area contributed by atoms with Crippen LogP contribution >= 0.6 is 23.5 Å². The number of fused-ring (bicyclic) bond motifs is 2. The number of aromatic hydroxyl groups is 2. The molecule has 0 aliphatic heterocycles. The van der Waals surface area contributed by atoms with Crippen molar-refractivity contribution in [1.29, 1.82) is 0 Å². The number of esters is 2. The molecule has 6 aromatic carbocycles. The van der Waals surface area contributed by atoms with Gasteiger partial charge in [-0.2, -0.15) is 0 Å². The van der Waals surface area contributed by atoms with Crippen LogP contribution in [-0.2, 0) is 9.47 Å². The lowest BCUT2D eigenvalue weighted by Crippen LogP contribution is -2.24. The van der Waals surface area contributed by atoms with E-state index in [9.17, 15) is 29.4 Å². The van der Waals surface area contributed by atoms with Crippen molar-refractivity contribution in [2.24, 2.45) is 0 Å². The molecule has 58 heavy (non-hydrogen) atoms. The molecule has 0 radical (unpaired) electrons. The molecule has 0 unspecified atom stereocenters. The summed E-state index contributed by atoms with van der Waals surface area (Å²) in [6.07, 6.45) is 1.83. The van der Waals surface area contributed by atoms with Crippen LogP contribution in [0.4, 0.5) is 11.4 Å². The van der Waals surface area contributed by atoms with Gasteiger partial charge in [0.25, 0.3) is 0 Å². The summed E-state index contributed by atoms with van der Waals surface area (Å²) in [5, 5.41) is 21.8. The number of rotatable bonds is 7. The van der Waals surface area contributed by atoms with Gasteiger partial charge in [-0.05, 0) is 42.0 Å². The first-order chi connectivity index (χ1) is 28.0. The van der Waals surface area contributed by atoms with Crippen LogP contribution in [0.25, 0.3) is 6.08 Å². The second-order valence-corrected chi connectivity index (χ2v) is 13.9. The number of carbonyl (C=O) groups is 4. The van der Waals surface area contributed by atoms with E-state index in [0.717, 1.165) is 23.5 Å². The van der Waals surface area contributed by atoms with Gasteiger partial charge >= 0.3 is 11.9 Å². The minimum absolute atomic E-state index is 0.121. The number of phenolic OH excluding ortho intramolecular Hbond substituents is 2. The van der Waals surface area contributed by atoms with Crippen molar-refractivity contribution >= 4 is 64.5 Å². The lowest BCUT2D eigenvalue weighted by Gasteiger charge is -2.24. The van der Waals surface area contributed by atoms with Crippen LogP contribution < -0.4 is 11.5 Å². The van der Waals surface area contributed by atoms with Crippen molar-refractivity contribution in [1.82, 2.24) is 0 Å². The van der Waals surface area contributed by atoms with Crippen LogP contribution in [-0.4, -0.2) is 47.9 Å². The Morgan fingerprint density at radius 1 is 0.552 bits per heavy atom. The zero-order valence-corrected chi connectivity index (χ0v) is 33.3. The van der Waals surface area contributed by atoms with E-state index in [1.165, 1.54) is 31.9 Å². The van der Waals surface area contributed by atoms with Crippen molar-refractivity contribution in [3.8, 4) is 11.5 Å². The molecular weight excluding hydrogens is 773 g/mol. The van der Waals surface area contributed by atoms with E-state index in [4.69, 9.17) is 20.9 Å². The van der Waals surface area contributed by atoms with Crippen molar-refractivity contribution in [3.63, 3.8) is 0 Å². The zero-order valence-electron chi connectivity index (χ0n) is 31.6. The van der Waals surface area contributed by atoms with Gasteiger partial charge in [-0.15, -0.1) is 13.2 Å². The molecule has 0 amide bonds. The number of benzene rings is 6. The van der Waals surface area contributed by atoms with E-state index >= 15 is 0 Å². The number of hydrogen-bond donors (Lipinski definition) is 4. The Balaban J connectivity index is 0.000000387. The van der Waals surface area contributed by atoms with Crippen LogP contribution in [0.15, 0.2) is 167 Å². The van der Waals surface area contributed by atoms with Gasteiger partial charge in [-0.1, -0.05) is 127 Å². The highest BCUT2D eigenvalue weighted by Crippen LogP contribution is 2.49. The quantitative estimate of drug-likeness (QED) is 0.0519. The molecule has 12 heteroatoms. The Kier molecular flexibility index (Phi) is 15.7. The summed E-state index contributed by atoms with van der Waals surface area (Å²) in [7, 11) is 2.48. The minimum Gasteiger partial charge on any atom is -0.507 e. The Labute approximate surface area is 344 Å². The lowest BCUT2D eigenvalue weighted by atomic mass is 9.81. The molecule has 6 aromatic rings. The normalized spacial score (nSPS) is 10.7. The third kappa shape index (κ3) is 9.85. The van der Waals surface area contributed by atoms with E-state index in [1.54, 1.807) is 48.5 Å². The second kappa shape index (κ2) is 20.8. The predicted octanol–water partition coefficient (Wildman–Crippen LogP) is 9.73. The first kappa shape index (κ1) is 43.7. The van der Waals surface area contributed by atoms with E-state index < -0.39 is 35.0 Å². The summed E-state index contributed by atoms with van der Waals surface area (Å²) in [5.41, 5.74) is 12.9. The van der Waals surface area contributed by atoms with Crippen LogP contribution in [0.3, 0.4) is 0 Å². The summed E-state index contributed by atoms with van der Waals surface area (Å²) >= 11 is 1.99.